The number of nitrogens with zero attached hydrogens (tertiary/aromatic N) is 1. The van der Waals surface area contributed by atoms with Crippen LogP contribution in [0.1, 0.15) is 5.56 Å². The Kier molecular flexibility index (Phi) is 2.78. The molecule has 0 unspecified atom stereocenters. The van der Waals surface area contributed by atoms with E-state index in [1.165, 1.54) is 10.5 Å². The van der Waals surface area contributed by atoms with Crippen LogP contribution >= 0.6 is 11.8 Å². The molecule has 0 amide bonds. The fourth-order valence-electron chi connectivity index (χ4n) is 1.39. The molecule has 1 aliphatic rings. The van der Waals surface area contributed by atoms with Crippen LogP contribution in [-0.2, 0) is 6.54 Å². The molecule has 0 atom stereocenters. The monoisotopic (exact) mass is 201 g/mol. The standard InChI is InChI=1S/C12H11NS/c1-2-7-13-8-9-14-12-6-4-3-5-11(12)10-13/h3-9H,1,10H2. The van der Waals surface area contributed by atoms with Crippen molar-refractivity contribution in [1.82, 2.24) is 4.90 Å². The molecule has 1 aromatic carbocycles. The Morgan fingerprint density at radius 1 is 1.43 bits per heavy atom. The maximum Gasteiger partial charge on any atom is 0.0487 e. The lowest BCUT2D eigenvalue weighted by molar-refractivity contribution is 0.500. The van der Waals surface area contributed by atoms with Gasteiger partial charge in [0.2, 0.25) is 0 Å². The van der Waals surface area contributed by atoms with Crippen molar-refractivity contribution in [3.05, 3.63) is 59.9 Å². The summed E-state index contributed by atoms with van der Waals surface area (Å²) in [5.74, 6) is 0. The average molecular weight is 201 g/mol. The molecule has 0 bridgehead atoms. The van der Waals surface area contributed by atoms with Crippen molar-refractivity contribution in [2.45, 2.75) is 11.4 Å². The number of fused-ring (bicyclic) bond motifs is 1. The summed E-state index contributed by atoms with van der Waals surface area (Å²) in [5, 5.41) is 2.08. The Bertz CT molecular complexity index is 403. The normalized spacial score (nSPS) is 14.1. The van der Waals surface area contributed by atoms with Crippen molar-refractivity contribution in [1.29, 1.82) is 0 Å². The van der Waals surface area contributed by atoms with Gasteiger partial charge in [-0.25, -0.2) is 0 Å². The van der Waals surface area contributed by atoms with E-state index >= 15 is 0 Å². The average Bonchev–Trinajstić information content (AvgIpc) is 2.40. The van der Waals surface area contributed by atoms with Crippen LogP contribution < -0.4 is 0 Å². The molecule has 0 saturated heterocycles. The van der Waals surface area contributed by atoms with Gasteiger partial charge >= 0.3 is 0 Å². The lowest BCUT2D eigenvalue weighted by Gasteiger charge is -2.12. The summed E-state index contributed by atoms with van der Waals surface area (Å²) < 4.78 is 0. The molecule has 0 saturated carbocycles. The highest BCUT2D eigenvalue weighted by Crippen LogP contribution is 2.27. The van der Waals surface area contributed by atoms with E-state index in [0.717, 1.165) is 6.54 Å². The van der Waals surface area contributed by atoms with Crippen molar-refractivity contribution >= 4 is 11.8 Å². The van der Waals surface area contributed by atoms with Crippen LogP contribution in [0.2, 0.25) is 0 Å². The van der Waals surface area contributed by atoms with E-state index in [0.29, 0.717) is 0 Å². The van der Waals surface area contributed by atoms with Crippen LogP contribution in [0.15, 0.2) is 59.3 Å². The maximum absolute atomic E-state index is 3.58. The van der Waals surface area contributed by atoms with E-state index in [1.807, 2.05) is 12.4 Å². The zero-order valence-corrected chi connectivity index (χ0v) is 8.63. The summed E-state index contributed by atoms with van der Waals surface area (Å²) in [6.07, 6.45) is 3.90. The summed E-state index contributed by atoms with van der Waals surface area (Å²) >= 11 is 1.75. The maximum atomic E-state index is 3.58. The molecule has 0 spiro atoms. The molecular formula is C12H11NS. The predicted molar refractivity (Wildman–Crippen MR) is 60.7 cm³/mol. The largest absolute Gasteiger partial charge is 0.343 e. The van der Waals surface area contributed by atoms with Gasteiger partial charge in [-0.15, -0.1) is 5.73 Å². The molecule has 1 aliphatic heterocycles. The van der Waals surface area contributed by atoms with Crippen LogP contribution in [0.5, 0.6) is 0 Å². The summed E-state index contributed by atoms with van der Waals surface area (Å²) in [5.41, 5.74) is 4.13. The third-order valence-corrected chi connectivity index (χ3v) is 2.94. The van der Waals surface area contributed by atoms with Gasteiger partial charge in [-0.2, -0.15) is 0 Å². The Hall–Kier alpha value is -1.37. The smallest absolute Gasteiger partial charge is 0.0487 e. The van der Waals surface area contributed by atoms with Gasteiger partial charge in [0, 0.05) is 23.8 Å². The molecule has 14 heavy (non-hydrogen) atoms. The van der Waals surface area contributed by atoms with E-state index in [-0.39, 0.29) is 0 Å². The fraction of sp³-hybridized carbons (Fsp3) is 0.0833. The molecule has 1 aromatic rings. The summed E-state index contributed by atoms with van der Waals surface area (Å²) in [6.45, 7) is 4.47. The van der Waals surface area contributed by atoms with Crippen LogP contribution in [0, 0.1) is 0 Å². The van der Waals surface area contributed by atoms with Gasteiger partial charge in [-0.05, 0) is 17.0 Å². The second kappa shape index (κ2) is 4.23. The van der Waals surface area contributed by atoms with Gasteiger partial charge in [0.05, 0.1) is 0 Å². The molecular weight excluding hydrogens is 190 g/mol. The Morgan fingerprint density at radius 2 is 2.29 bits per heavy atom. The molecule has 2 rings (SSSR count). The number of benzene rings is 1. The number of rotatable bonds is 1. The van der Waals surface area contributed by atoms with E-state index in [2.05, 4.69) is 46.9 Å². The van der Waals surface area contributed by atoms with Gasteiger partial charge in [-0.3, -0.25) is 0 Å². The summed E-state index contributed by atoms with van der Waals surface area (Å²) in [4.78, 5) is 3.40. The van der Waals surface area contributed by atoms with Crippen molar-refractivity contribution in [3.63, 3.8) is 0 Å². The van der Waals surface area contributed by atoms with Crippen LogP contribution in [-0.4, -0.2) is 4.90 Å². The highest BCUT2D eigenvalue weighted by molar-refractivity contribution is 8.02. The van der Waals surface area contributed by atoms with E-state index in [9.17, 15) is 0 Å². The molecule has 1 heterocycles. The minimum atomic E-state index is 0.891. The molecule has 0 radical (unpaired) electrons. The first-order valence-corrected chi connectivity index (χ1v) is 5.31. The molecule has 70 valence electrons. The van der Waals surface area contributed by atoms with Gasteiger partial charge in [0.25, 0.3) is 0 Å². The quantitative estimate of drug-likeness (QED) is 0.641. The van der Waals surface area contributed by atoms with Crippen molar-refractivity contribution in [3.8, 4) is 0 Å². The predicted octanol–water partition coefficient (Wildman–Crippen LogP) is 3.36. The molecule has 2 heteroatoms. The van der Waals surface area contributed by atoms with E-state index < -0.39 is 0 Å². The lowest BCUT2D eigenvalue weighted by Crippen LogP contribution is -2.07. The fourth-order valence-corrected chi connectivity index (χ4v) is 2.19. The Balaban J connectivity index is 2.32. The second-order valence-corrected chi connectivity index (χ2v) is 3.96. The molecule has 0 aliphatic carbocycles. The third-order valence-electron chi connectivity index (χ3n) is 2.03. The summed E-state index contributed by atoms with van der Waals surface area (Å²) in [7, 11) is 0. The lowest BCUT2D eigenvalue weighted by atomic mass is 10.2. The molecule has 0 aromatic heterocycles. The van der Waals surface area contributed by atoms with Crippen LogP contribution in [0.4, 0.5) is 0 Å². The highest BCUT2D eigenvalue weighted by Gasteiger charge is 2.06. The molecule has 1 nitrogen and oxygen atoms in total. The van der Waals surface area contributed by atoms with Crippen molar-refractivity contribution in [2.75, 3.05) is 0 Å². The van der Waals surface area contributed by atoms with Gasteiger partial charge in [0.1, 0.15) is 0 Å². The topological polar surface area (TPSA) is 3.24 Å². The van der Waals surface area contributed by atoms with Gasteiger partial charge < -0.3 is 4.90 Å². The SMILES string of the molecule is C=C=CN1C=CSc2ccccc2C1. The Labute approximate surface area is 88.4 Å². The van der Waals surface area contributed by atoms with Crippen LogP contribution in [0.25, 0.3) is 0 Å². The first-order valence-electron chi connectivity index (χ1n) is 4.43. The second-order valence-electron chi connectivity index (χ2n) is 3.02. The summed E-state index contributed by atoms with van der Waals surface area (Å²) in [6, 6.07) is 8.43. The first-order chi connectivity index (χ1) is 6.90. The van der Waals surface area contributed by atoms with Gasteiger partial charge in [-0.1, -0.05) is 36.5 Å². The van der Waals surface area contributed by atoms with E-state index in [4.69, 9.17) is 0 Å². The minimum absolute atomic E-state index is 0.891. The zero-order valence-electron chi connectivity index (χ0n) is 7.81. The van der Waals surface area contributed by atoms with E-state index in [1.54, 1.807) is 11.8 Å². The minimum Gasteiger partial charge on any atom is -0.343 e. The Morgan fingerprint density at radius 3 is 3.14 bits per heavy atom. The molecule has 0 fully saturated rings. The van der Waals surface area contributed by atoms with Gasteiger partial charge in [0.15, 0.2) is 0 Å². The first kappa shape index (κ1) is 9.20. The number of hydrogen-bond acceptors (Lipinski definition) is 2. The number of thioether (sulfide) groups is 1. The highest BCUT2D eigenvalue weighted by atomic mass is 32.2. The van der Waals surface area contributed by atoms with Crippen LogP contribution in [0.3, 0.4) is 0 Å². The van der Waals surface area contributed by atoms with Crippen molar-refractivity contribution in [2.24, 2.45) is 0 Å². The number of hydrogen-bond donors (Lipinski definition) is 0. The molecule has 0 N–H and O–H groups in total. The third kappa shape index (κ3) is 1.92. The zero-order chi connectivity index (χ0) is 9.80. The van der Waals surface area contributed by atoms with Crippen molar-refractivity contribution < 1.29 is 0 Å².